The summed E-state index contributed by atoms with van der Waals surface area (Å²) < 4.78 is 10.7. The first-order valence-corrected chi connectivity index (χ1v) is 9.40. The van der Waals surface area contributed by atoms with Crippen LogP contribution in [0.1, 0.15) is 27.0 Å². The first-order chi connectivity index (χ1) is 13.9. The van der Waals surface area contributed by atoms with Crippen LogP contribution in [0.15, 0.2) is 54.6 Å². The second-order valence-electron chi connectivity index (χ2n) is 6.89. The topological polar surface area (TPSA) is 59.6 Å². The molecule has 5 nitrogen and oxygen atoms in total. The molecule has 0 bridgehead atoms. The van der Waals surface area contributed by atoms with E-state index in [0.717, 1.165) is 22.5 Å². The summed E-state index contributed by atoms with van der Waals surface area (Å²) in [6, 6.07) is 17.2. The average Bonchev–Trinajstić information content (AvgIpc) is 2.72. The molecule has 0 saturated carbocycles. The standard InChI is InChI=1S/C24H26N2O3/c1-15-9-8-12-19(17(15)3)25-20-11-7-6-10-18(20)24(27)26-21-14-23(29-5)22(28-4)13-16(21)2/h6-14,25H,1-5H3,(H,26,27). The van der Waals surface area contributed by atoms with E-state index in [4.69, 9.17) is 9.47 Å². The van der Waals surface area contributed by atoms with Crippen LogP contribution in [0, 0.1) is 20.8 Å². The highest BCUT2D eigenvalue weighted by molar-refractivity contribution is 6.09. The van der Waals surface area contributed by atoms with Gasteiger partial charge in [0.05, 0.1) is 25.5 Å². The second kappa shape index (κ2) is 8.69. The van der Waals surface area contributed by atoms with E-state index in [1.165, 1.54) is 5.56 Å². The molecular weight excluding hydrogens is 364 g/mol. The van der Waals surface area contributed by atoms with Gasteiger partial charge in [-0.2, -0.15) is 0 Å². The van der Waals surface area contributed by atoms with Gasteiger partial charge in [0.2, 0.25) is 0 Å². The zero-order valence-electron chi connectivity index (χ0n) is 17.4. The fourth-order valence-electron chi connectivity index (χ4n) is 3.13. The zero-order valence-corrected chi connectivity index (χ0v) is 17.4. The maximum absolute atomic E-state index is 13.1. The Bertz CT molecular complexity index is 1040. The number of ether oxygens (including phenoxy) is 2. The zero-order chi connectivity index (χ0) is 21.0. The van der Waals surface area contributed by atoms with Gasteiger partial charge >= 0.3 is 0 Å². The number of rotatable bonds is 6. The van der Waals surface area contributed by atoms with Crippen molar-refractivity contribution in [3.05, 3.63) is 76.9 Å². The number of hydrogen-bond acceptors (Lipinski definition) is 4. The summed E-state index contributed by atoms with van der Waals surface area (Å²) in [5.74, 6) is 0.990. The Hall–Kier alpha value is -3.47. The van der Waals surface area contributed by atoms with Crippen molar-refractivity contribution in [3.63, 3.8) is 0 Å². The molecule has 5 heteroatoms. The predicted molar refractivity (Wildman–Crippen MR) is 118 cm³/mol. The third-order valence-electron chi connectivity index (χ3n) is 5.02. The number of hydrogen-bond donors (Lipinski definition) is 2. The van der Waals surface area contributed by atoms with Crippen LogP contribution in [0.5, 0.6) is 11.5 Å². The number of methoxy groups -OCH3 is 2. The Kier molecular flexibility index (Phi) is 6.07. The Labute approximate surface area is 171 Å². The number of aryl methyl sites for hydroxylation is 2. The number of para-hydroxylation sites is 1. The number of carbonyl (C=O) groups is 1. The van der Waals surface area contributed by atoms with Gasteiger partial charge in [-0.3, -0.25) is 4.79 Å². The van der Waals surface area contributed by atoms with Crippen molar-refractivity contribution in [2.45, 2.75) is 20.8 Å². The van der Waals surface area contributed by atoms with Gasteiger partial charge in [-0.05, 0) is 61.7 Å². The number of benzene rings is 3. The Morgan fingerprint density at radius 3 is 2.14 bits per heavy atom. The smallest absolute Gasteiger partial charge is 0.257 e. The van der Waals surface area contributed by atoms with E-state index in [-0.39, 0.29) is 5.91 Å². The van der Waals surface area contributed by atoms with Crippen molar-refractivity contribution in [1.29, 1.82) is 0 Å². The minimum Gasteiger partial charge on any atom is -0.493 e. The first kappa shape index (κ1) is 20.3. The van der Waals surface area contributed by atoms with Crippen molar-refractivity contribution >= 4 is 23.0 Å². The molecule has 0 unspecified atom stereocenters. The Morgan fingerprint density at radius 1 is 0.759 bits per heavy atom. The van der Waals surface area contributed by atoms with Gasteiger partial charge in [-0.15, -0.1) is 0 Å². The number of amides is 1. The van der Waals surface area contributed by atoms with Crippen LogP contribution in [0.4, 0.5) is 17.1 Å². The van der Waals surface area contributed by atoms with Crippen LogP contribution in [0.2, 0.25) is 0 Å². The van der Waals surface area contributed by atoms with E-state index < -0.39 is 0 Å². The van der Waals surface area contributed by atoms with E-state index in [9.17, 15) is 4.79 Å². The summed E-state index contributed by atoms with van der Waals surface area (Å²) in [6.45, 7) is 6.05. The lowest BCUT2D eigenvalue weighted by Crippen LogP contribution is -2.15. The lowest BCUT2D eigenvalue weighted by atomic mass is 10.1. The summed E-state index contributed by atoms with van der Waals surface area (Å²) in [5.41, 5.74) is 6.19. The highest BCUT2D eigenvalue weighted by Crippen LogP contribution is 2.33. The van der Waals surface area contributed by atoms with Gasteiger partial charge in [0.25, 0.3) is 5.91 Å². The molecular formula is C24H26N2O3. The van der Waals surface area contributed by atoms with Gasteiger partial charge in [0.15, 0.2) is 11.5 Å². The largest absolute Gasteiger partial charge is 0.493 e. The van der Waals surface area contributed by atoms with Gasteiger partial charge in [0.1, 0.15) is 0 Å². The number of carbonyl (C=O) groups excluding carboxylic acids is 1. The molecule has 3 aromatic carbocycles. The Balaban J connectivity index is 1.90. The molecule has 0 atom stereocenters. The molecule has 29 heavy (non-hydrogen) atoms. The summed E-state index contributed by atoms with van der Waals surface area (Å²) >= 11 is 0. The third kappa shape index (κ3) is 4.35. The highest BCUT2D eigenvalue weighted by Gasteiger charge is 2.15. The molecule has 150 valence electrons. The van der Waals surface area contributed by atoms with E-state index in [1.54, 1.807) is 26.4 Å². The molecule has 0 spiro atoms. The van der Waals surface area contributed by atoms with Crippen molar-refractivity contribution < 1.29 is 14.3 Å². The maximum Gasteiger partial charge on any atom is 0.257 e. The van der Waals surface area contributed by atoms with Crippen LogP contribution >= 0.6 is 0 Å². The quantitative estimate of drug-likeness (QED) is 0.573. The monoisotopic (exact) mass is 390 g/mol. The highest BCUT2D eigenvalue weighted by atomic mass is 16.5. The Morgan fingerprint density at radius 2 is 1.41 bits per heavy atom. The predicted octanol–water partition coefficient (Wildman–Crippen LogP) is 5.62. The fraction of sp³-hybridized carbons (Fsp3) is 0.208. The van der Waals surface area contributed by atoms with Crippen molar-refractivity contribution in [1.82, 2.24) is 0 Å². The van der Waals surface area contributed by atoms with E-state index >= 15 is 0 Å². The van der Waals surface area contributed by atoms with Gasteiger partial charge in [-0.1, -0.05) is 24.3 Å². The molecule has 3 aromatic rings. The lowest BCUT2D eigenvalue weighted by molar-refractivity contribution is 0.102. The summed E-state index contributed by atoms with van der Waals surface area (Å²) in [6.07, 6.45) is 0. The SMILES string of the molecule is COc1cc(C)c(NC(=O)c2ccccc2Nc2cccc(C)c2C)cc1OC. The fourth-order valence-corrected chi connectivity index (χ4v) is 3.13. The number of nitrogens with one attached hydrogen (secondary N) is 2. The van der Waals surface area contributed by atoms with Crippen LogP contribution in [0.3, 0.4) is 0 Å². The molecule has 0 aliphatic heterocycles. The molecule has 0 aromatic heterocycles. The van der Waals surface area contributed by atoms with Crippen LogP contribution in [-0.4, -0.2) is 20.1 Å². The molecule has 0 saturated heterocycles. The van der Waals surface area contributed by atoms with Crippen LogP contribution in [-0.2, 0) is 0 Å². The van der Waals surface area contributed by atoms with Gasteiger partial charge in [-0.25, -0.2) is 0 Å². The summed E-state index contributed by atoms with van der Waals surface area (Å²) in [4.78, 5) is 13.1. The van der Waals surface area contributed by atoms with Gasteiger partial charge in [0, 0.05) is 17.4 Å². The molecule has 0 aliphatic carbocycles. The third-order valence-corrected chi connectivity index (χ3v) is 5.02. The van der Waals surface area contributed by atoms with Crippen molar-refractivity contribution in [2.24, 2.45) is 0 Å². The molecule has 2 N–H and O–H groups in total. The van der Waals surface area contributed by atoms with Gasteiger partial charge < -0.3 is 20.1 Å². The van der Waals surface area contributed by atoms with Crippen LogP contribution in [0.25, 0.3) is 0 Å². The van der Waals surface area contributed by atoms with Crippen molar-refractivity contribution in [2.75, 3.05) is 24.9 Å². The number of anilines is 3. The van der Waals surface area contributed by atoms with E-state index in [0.29, 0.717) is 22.7 Å². The normalized spacial score (nSPS) is 10.4. The lowest BCUT2D eigenvalue weighted by Gasteiger charge is -2.16. The molecule has 0 aliphatic rings. The second-order valence-corrected chi connectivity index (χ2v) is 6.89. The van der Waals surface area contributed by atoms with E-state index in [1.807, 2.05) is 43.3 Å². The first-order valence-electron chi connectivity index (χ1n) is 9.40. The molecule has 3 rings (SSSR count). The van der Waals surface area contributed by atoms with Crippen molar-refractivity contribution in [3.8, 4) is 11.5 Å². The minimum atomic E-state index is -0.200. The molecule has 0 fully saturated rings. The van der Waals surface area contributed by atoms with E-state index in [2.05, 4.69) is 30.5 Å². The summed E-state index contributed by atoms with van der Waals surface area (Å²) in [5, 5.41) is 6.39. The molecule has 0 radical (unpaired) electrons. The molecule has 0 heterocycles. The summed E-state index contributed by atoms with van der Waals surface area (Å²) in [7, 11) is 3.16. The average molecular weight is 390 g/mol. The minimum absolute atomic E-state index is 0.200. The van der Waals surface area contributed by atoms with Crippen LogP contribution < -0.4 is 20.1 Å². The maximum atomic E-state index is 13.1. The molecule has 1 amide bonds.